The molecule has 0 heterocycles. The first-order valence-electron chi connectivity index (χ1n) is 6.34. The lowest BCUT2D eigenvalue weighted by molar-refractivity contribution is 0.0931. The van der Waals surface area contributed by atoms with Gasteiger partial charge in [0.05, 0.1) is 6.61 Å². The number of hydrogen-bond donors (Lipinski definition) is 1. The fourth-order valence-electron chi connectivity index (χ4n) is 2.05. The summed E-state index contributed by atoms with van der Waals surface area (Å²) in [5.41, 5.74) is 6.89. The number of hydrogen-bond acceptors (Lipinski definition) is 2. The Kier molecular flexibility index (Phi) is 4.51. The van der Waals surface area contributed by atoms with Crippen LogP contribution in [0.15, 0.2) is 18.2 Å². The summed E-state index contributed by atoms with van der Waals surface area (Å²) in [5.74, 6) is 0.635. The van der Waals surface area contributed by atoms with Crippen LogP contribution in [0.2, 0.25) is 0 Å². The van der Waals surface area contributed by atoms with Gasteiger partial charge in [-0.25, -0.2) is 4.39 Å². The Balaban J connectivity index is 1.73. The lowest BCUT2D eigenvalue weighted by Crippen LogP contribution is -2.13. The van der Waals surface area contributed by atoms with E-state index in [1.807, 2.05) is 6.07 Å². The van der Waals surface area contributed by atoms with Crippen molar-refractivity contribution in [3.05, 3.63) is 35.1 Å². The lowest BCUT2D eigenvalue weighted by atomic mass is 9.83. The average Bonchev–Trinajstić information content (AvgIpc) is 2.28. The van der Waals surface area contributed by atoms with Gasteiger partial charge in [0.2, 0.25) is 0 Å². The van der Waals surface area contributed by atoms with Crippen LogP contribution in [0, 0.1) is 11.7 Å². The molecule has 0 aromatic heterocycles. The molecule has 0 bridgehead atoms. The van der Waals surface area contributed by atoms with E-state index in [9.17, 15) is 4.39 Å². The van der Waals surface area contributed by atoms with Crippen molar-refractivity contribution in [2.45, 2.75) is 38.8 Å². The van der Waals surface area contributed by atoms with Crippen molar-refractivity contribution in [3.63, 3.8) is 0 Å². The molecule has 0 saturated heterocycles. The summed E-state index contributed by atoms with van der Waals surface area (Å²) in [4.78, 5) is 0. The molecule has 17 heavy (non-hydrogen) atoms. The van der Waals surface area contributed by atoms with E-state index in [-0.39, 0.29) is 5.82 Å². The fraction of sp³-hybridized carbons (Fsp3) is 0.571. The van der Waals surface area contributed by atoms with Crippen LogP contribution in [-0.4, -0.2) is 6.61 Å². The molecule has 1 fully saturated rings. The van der Waals surface area contributed by atoms with Crippen molar-refractivity contribution in [2.75, 3.05) is 6.61 Å². The van der Waals surface area contributed by atoms with E-state index in [1.54, 1.807) is 6.07 Å². The quantitative estimate of drug-likeness (QED) is 0.772. The molecule has 0 spiro atoms. The Labute approximate surface area is 102 Å². The van der Waals surface area contributed by atoms with Crippen molar-refractivity contribution >= 4 is 0 Å². The number of benzene rings is 1. The molecule has 1 aliphatic carbocycles. The summed E-state index contributed by atoms with van der Waals surface area (Å²) >= 11 is 0. The molecule has 2 nitrogen and oxygen atoms in total. The fourth-order valence-corrected chi connectivity index (χ4v) is 2.05. The average molecular weight is 237 g/mol. The van der Waals surface area contributed by atoms with Gasteiger partial charge in [-0.1, -0.05) is 31.4 Å². The first-order valence-corrected chi connectivity index (χ1v) is 6.34. The van der Waals surface area contributed by atoms with Crippen molar-refractivity contribution < 1.29 is 9.13 Å². The summed E-state index contributed by atoms with van der Waals surface area (Å²) in [6.07, 6.45) is 5.15. The summed E-state index contributed by atoms with van der Waals surface area (Å²) in [7, 11) is 0. The third-order valence-electron chi connectivity index (χ3n) is 3.51. The van der Waals surface area contributed by atoms with E-state index < -0.39 is 0 Å². The van der Waals surface area contributed by atoms with Gasteiger partial charge in [0.25, 0.3) is 0 Å². The van der Waals surface area contributed by atoms with Crippen LogP contribution in [0.3, 0.4) is 0 Å². The van der Waals surface area contributed by atoms with Crippen molar-refractivity contribution in [1.29, 1.82) is 0 Å². The highest BCUT2D eigenvalue weighted by atomic mass is 19.1. The van der Waals surface area contributed by atoms with Gasteiger partial charge >= 0.3 is 0 Å². The molecule has 0 unspecified atom stereocenters. The van der Waals surface area contributed by atoms with Crippen molar-refractivity contribution in [2.24, 2.45) is 11.7 Å². The number of nitrogens with two attached hydrogens (primary N) is 1. The molecule has 1 aliphatic rings. The molecule has 0 aliphatic heterocycles. The first kappa shape index (κ1) is 12.5. The molecule has 1 aromatic rings. The summed E-state index contributed by atoms with van der Waals surface area (Å²) in [6.45, 7) is 1.48. The van der Waals surface area contributed by atoms with Crippen molar-refractivity contribution in [1.82, 2.24) is 0 Å². The molecule has 2 rings (SSSR count). The zero-order valence-electron chi connectivity index (χ0n) is 10.1. The van der Waals surface area contributed by atoms with E-state index in [4.69, 9.17) is 10.5 Å². The Morgan fingerprint density at radius 1 is 1.35 bits per heavy atom. The smallest absolute Gasteiger partial charge is 0.129 e. The molecule has 94 valence electrons. The van der Waals surface area contributed by atoms with Gasteiger partial charge in [0.15, 0.2) is 0 Å². The maximum absolute atomic E-state index is 13.6. The third kappa shape index (κ3) is 3.51. The van der Waals surface area contributed by atoms with E-state index in [2.05, 4.69) is 0 Å². The molecule has 1 aromatic carbocycles. The highest BCUT2D eigenvalue weighted by Crippen LogP contribution is 2.29. The van der Waals surface area contributed by atoms with Crippen LogP contribution >= 0.6 is 0 Å². The first-order chi connectivity index (χ1) is 8.29. The third-order valence-corrected chi connectivity index (χ3v) is 3.51. The highest BCUT2D eigenvalue weighted by molar-refractivity contribution is 5.23. The second kappa shape index (κ2) is 6.12. The van der Waals surface area contributed by atoms with Gasteiger partial charge in [-0.15, -0.1) is 0 Å². The summed E-state index contributed by atoms with van der Waals surface area (Å²) in [6, 6.07) is 5.11. The monoisotopic (exact) mass is 237 g/mol. The molecule has 2 N–H and O–H groups in total. The normalized spacial score (nSPS) is 15.9. The molecule has 0 atom stereocenters. The van der Waals surface area contributed by atoms with E-state index in [0.29, 0.717) is 18.7 Å². The number of rotatable bonds is 6. The number of ether oxygens (including phenoxy) is 1. The molecular formula is C14H20FNO. The van der Waals surface area contributed by atoms with Gasteiger partial charge in [-0.3, -0.25) is 0 Å². The minimum Gasteiger partial charge on any atom is -0.377 e. The van der Waals surface area contributed by atoms with Crippen LogP contribution in [0.25, 0.3) is 0 Å². The SMILES string of the molecule is NCc1ccc(COCCC2CCC2)c(F)c1. The Bertz CT molecular complexity index is 363. The van der Waals surface area contributed by atoms with Crippen LogP contribution in [-0.2, 0) is 17.9 Å². The maximum atomic E-state index is 13.6. The summed E-state index contributed by atoms with van der Waals surface area (Å²) < 4.78 is 19.1. The van der Waals surface area contributed by atoms with E-state index in [1.165, 1.54) is 25.3 Å². The Hall–Kier alpha value is -0.930. The van der Waals surface area contributed by atoms with Crippen LogP contribution < -0.4 is 5.73 Å². The largest absolute Gasteiger partial charge is 0.377 e. The lowest BCUT2D eigenvalue weighted by Gasteiger charge is -2.24. The van der Waals surface area contributed by atoms with Crippen LogP contribution in [0.1, 0.15) is 36.8 Å². The van der Waals surface area contributed by atoms with Crippen LogP contribution in [0.5, 0.6) is 0 Å². The zero-order chi connectivity index (χ0) is 12.1. The second-order valence-electron chi connectivity index (χ2n) is 4.77. The molecule has 3 heteroatoms. The topological polar surface area (TPSA) is 35.2 Å². The molecule has 1 saturated carbocycles. The minimum absolute atomic E-state index is 0.211. The molecular weight excluding hydrogens is 217 g/mol. The van der Waals surface area contributed by atoms with E-state index in [0.717, 1.165) is 24.5 Å². The standard InChI is InChI=1S/C14H20FNO/c15-14-8-12(9-16)4-5-13(14)10-17-7-6-11-2-1-3-11/h4-5,8,11H,1-3,6-7,9-10,16H2. The van der Waals surface area contributed by atoms with Crippen LogP contribution in [0.4, 0.5) is 4.39 Å². The van der Waals surface area contributed by atoms with Gasteiger partial charge in [0, 0.05) is 18.7 Å². The zero-order valence-corrected chi connectivity index (χ0v) is 10.1. The Morgan fingerprint density at radius 2 is 2.18 bits per heavy atom. The van der Waals surface area contributed by atoms with Gasteiger partial charge in [0.1, 0.15) is 5.82 Å². The highest BCUT2D eigenvalue weighted by Gasteiger charge is 2.16. The number of halogens is 1. The van der Waals surface area contributed by atoms with Crippen molar-refractivity contribution in [3.8, 4) is 0 Å². The van der Waals surface area contributed by atoms with E-state index >= 15 is 0 Å². The Morgan fingerprint density at radius 3 is 2.76 bits per heavy atom. The second-order valence-corrected chi connectivity index (χ2v) is 4.77. The maximum Gasteiger partial charge on any atom is 0.129 e. The minimum atomic E-state index is -0.211. The molecule has 0 amide bonds. The van der Waals surface area contributed by atoms with Gasteiger partial charge < -0.3 is 10.5 Å². The van der Waals surface area contributed by atoms with Gasteiger partial charge in [-0.2, -0.15) is 0 Å². The van der Waals surface area contributed by atoms with Gasteiger partial charge in [-0.05, 0) is 24.0 Å². The molecule has 0 radical (unpaired) electrons. The summed E-state index contributed by atoms with van der Waals surface area (Å²) in [5, 5.41) is 0. The predicted octanol–water partition coefficient (Wildman–Crippen LogP) is 2.99. The predicted molar refractivity (Wildman–Crippen MR) is 65.9 cm³/mol.